The van der Waals surface area contributed by atoms with Crippen LogP contribution in [0.2, 0.25) is 5.15 Å². The molecule has 0 spiro atoms. The molecule has 1 aliphatic rings. The molecule has 10 heteroatoms. The van der Waals surface area contributed by atoms with Gasteiger partial charge >= 0.3 is 6.09 Å². The van der Waals surface area contributed by atoms with Crippen molar-refractivity contribution in [1.29, 1.82) is 0 Å². The number of benzene rings is 1. The Morgan fingerprint density at radius 2 is 1.79 bits per heavy atom. The third kappa shape index (κ3) is 5.83. The van der Waals surface area contributed by atoms with Crippen molar-refractivity contribution < 1.29 is 18.7 Å². The van der Waals surface area contributed by atoms with Crippen LogP contribution in [0, 0.1) is 12.7 Å². The van der Waals surface area contributed by atoms with Crippen LogP contribution in [0.15, 0.2) is 30.5 Å². The standard InChI is InChI=1S/C29H37ClFN5O3/c1-8-35(18(2)3)27(37)23-15-20(31)9-10-21(23)22-16-24(26(30)36-19(4)32-17-25(22)36)33-11-13-34(14-12-33)28(38)39-29(5,6)7/h9-10,15-18H,8,11-14H2,1-7H3. The Kier molecular flexibility index (Phi) is 8.12. The van der Waals surface area contributed by atoms with Gasteiger partial charge in [-0.05, 0) is 72.2 Å². The molecular formula is C29H37ClFN5O3. The van der Waals surface area contributed by atoms with Gasteiger partial charge in [-0.2, -0.15) is 0 Å². The topological polar surface area (TPSA) is 70.4 Å². The Labute approximate surface area is 234 Å². The predicted octanol–water partition coefficient (Wildman–Crippen LogP) is 6.03. The molecule has 4 rings (SSSR count). The van der Waals surface area contributed by atoms with Crippen LogP contribution in [0.4, 0.5) is 14.9 Å². The maximum atomic E-state index is 14.5. The number of carbonyl (C=O) groups is 2. The fourth-order valence-corrected chi connectivity index (χ4v) is 5.37. The summed E-state index contributed by atoms with van der Waals surface area (Å²) < 4.78 is 21.9. The fourth-order valence-electron chi connectivity index (χ4n) is 4.99. The number of hydrogen-bond donors (Lipinski definition) is 0. The van der Waals surface area contributed by atoms with Gasteiger partial charge in [-0.1, -0.05) is 17.7 Å². The molecule has 1 saturated heterocycles. The summed E-state index contributed by atoms with van der Waals surface area (Å²) in [6.45, 7) is 15.7. The first kappa shape index (κ1) is 28.7. The molecule has 3 heterocycles. The average molecular weight is 558 g/mol. The lowest BCUT2D eigenvalue weighted by Gasteiger charge is -2.37. The van der Waals surface area contributed by atoms with E-state index in [-0.39, 0.29) is 23.6 Å². The van der Waals surface area contributed by atoms with E-state index in [1.54, 1.807) is 22.1 Å². The second-order valence-corrected chi connectivity index (χ2v) is 11.4. The maximum Gasteiger partial charge on any atom is 0.410 e. The molecule has 0 N–H and O–H groups in total. The highest BCUT2D eigenvalue weighted by atomic mass is 35.5. The number of rotatable bonds is 5. The number of imidazole rings is 1. The van der Waals surface area contributed by atoms with Gasteiger partial charge in [0.05, 0.1) is 23.0 Å². The molecule has 8 nitrogen and oxygen atoms in total. The van der Waals surface area contributed by atoms with E-state index in [0.717, 1.165) is 16.8 Å². The SMILES string of the molecule is CCN(C(=O)c1cc(F)ccc1-c1cc(N2CCN(C(=O)OC(C)(C)C)CC2)c(Cl)n2c(C)ncc12)C(C)C. The zero-order valence-corrected chi connectivity index (χ0v) is 24.5. The number of halogens is 2. The molecule has 210 valence electrons. The Bertz CT molecular complexity index is 1390. The van der Waals surface area contributed by atoms with Gasteiger partial charge in [-0.15, -0.1) is 0 Å². The van der Waals surface area contributed by atoms with Crippen LogP contribution >= 0.6 is 11.6 Å². The smallest absolute Gasteiger partial charge is 0.410 e. The second kappa shape index (κ2) is 11.0. The Morgan fingerprint density at radius 1 is 1.13 bits per heavy atom. The van der Waals surface area contributed by atoms with Crippen molar-refractivity contribution in [3.8, 4) is 11.1 Å². The monoisotopic (exact) mass is 557 g/mol. The molecule has 0 bridgehead atoms. The third-order valence-corrected chi connectivity index (χ3v) is 7.26. The van der Waals surface area contributed by atoms with Crippen molar-refractivity contribution in [2.24, 2.45) is 0 Å². The molecule has 0 aliphatic carbocycles. The molecule has 0 saturated carbocycles. The summed E-state index contributed by atoms with van der Waals surface area (Å²) in [7, 11) is 0. The van der Waals surface area contributed by atoms with E-state index in [1.807, 2.05) is 58.9 Å². The zero-order valence-electron chi connectivity index (χ0n) is 23.7. The molecule has 0 unspecified atom stereocenters. The van der Waals surface area contributed by atoms with Crippen molar-refractivity contribution in [3.63, 3.8) is 0 Å². The number of carbonyl (C=O) groups excluding carboxylic acids is 2. The number of pyridine rings is 1. The Hall–Kier alpha value is -3.33. The molecular weight excluding hydrogens is 521 g/mol. The largest absolute Gasteiger partial charge is 0.444 e. The molecule has 2 aromatic heterocycles. The van der Waals surface area contributed by atoms with Gasteiger partial charge in [0, 0.05) is 44.3 Å². The van der Waals surface area contributed by atoms with Crippen molar-refractivity contribution in [3.05, 3.63) is 52.8 Å². The van der Waals surface area contributed by atoms with Crippen molar-refractivity contribution in [2.75, 3.05) is 37.6 Å². The van der Waals surface area contributed by atoms with Crippen LogP contribution in [0.1, 0.15) is 57.7 Å². The average Bonchev–Trinajstić information content (AvgIpc) is 3.26. The number of nitrogens with zero attached hydrogens (tertiary/aromatic N) is 5. The minimum atomic E-state index is -0.566. The zero-order chi connectivity index (χ0) is 28.6. The van der Waals surface area contributed by atoms with E-state index in [0.29, 0.717) is 49.3 Å². The lowest BCUT2D eigenvalue weighted by Crippen LogP contribution is -2.50. The summed E-state index contributed by atoms with van der Waals surface area (Å²) in [6, 6.07) is 6.21. The van der Waals surface area contributed by atoms with Gasteiger partial charge in [0.1, 0.15) is 22.4 Å². The minimum Gasteiger partial charge on any atom is -0.444 e. The number of aromatic nitrogens is 2. The summed E-state index contributed by atoms with van der Waals surface area (Å²) in [6.07, 6.45) is 1.38. The highest BCUT2D eigenvalue weighted by Crippen LogP contribution is 2.38. The van der Waals surface area contributed by atoms with Crippen LogP contribution in [0.3, 0.4) is 0 Å². The molecule has 3 aromatic rings. The Balaban J connectivity index is 1.77. The summed E-state index contributed by atoms with van der Waals surface area (Å²) in [5.74, 6) is -0.0215. The summed E-state index contributed by atoms with van der Waals surface area (Å²) in [5.41, 5.74) is 2.53. The molecule has 0 radical (unpaired) electrons. The number of aryl methyl sites for hydroxylation is 1. The summed E-state index contributed by atoms with van der Waals surface area (Å²) >= 11 is 6.95. The highest BCUT2D eigenvalue weighted by molar-refractivity contribution is 6.32. The van der Waals surface area contributed by atoms with Crippen LogP contribution in [0.25, 0.3) is 16.6 Å². The van der Waals surface area contributed by atoms with E-state index >= 15 is 0 Å². The van der Waals surface area contributed by atoms with Gasteiger partial charge in [0.15, 0.2) is 0 Å². The maximum absolute atomic E-state index is 14.5. The van der Waals surface area contributed by atoms with Crippen LogP contribution in [-0.2, 0) is 4.74 Å². The number of ether oxygens (including phenoxy) is 1. The van der Waals surface area contributed by atoms with Gasteiger partial charge in [0.2, 0.25) is 0 Å². The van der Waals surface area contributed by atoms with Gasteiger partial charge in [0.25, 0.3) is 5.91 Å². The number of anilines is 1. The predicted molar refractivity (Wildman–Crippen MR) is 152 cm³/mol. The third-order valence-electron chi connectivity index (χ3n) is 6.90. The van der Waals surface area contributed by atoms with Crippen molar-refractivity contribution in [1.82, 2.24) is 19.2 Å². The first-order valence-corrected chi connectivity index (χ1v) is 13.7. The lowest BCUT2D eigenvalue weighted by molar-refractivity contribution is 0.0240. The van der Waals surface area contributed by atoms with Gasteiger partial charge in [-0.25, -0.2) is 14.2 Å². The molecule has 0 atom stereocenters. The molecule has 39 heavy (non-hydrogen) atoms. The quantitative estimate of drug-likeness (QED) is 0.358. The number of amides is 2. The number of piperazine rings is 1. The van der Waals surface area contributed by atoms with Gasteiger partial charge < -0.3 is 19.4 Å². The van der Waals surface area contributed by atoms with Crippen LogP contribution in [0.5, 0.6) is 0 Å². The van der Waals surface area contributed by atoms with Crippen molar-refractivity contribution >= 4 is 34.8 Å². The first-order valence-electron chi connectivity index (χ1n) is 13.3. The van der Waals surface area contributed by atoms with E-state index < -0.39 is 11.4 Å². The Morgan fingerprint density at radius 3 is 2.38 bits per heavy atom. The summed E-state index contributed by atoms with van der Waals surface area (Å²) in [5, 5.41) is 0.488. The first-order chi connectivity index (χ1) is 18.3. The molecule has 1 aliphatic heterocycles. The normalized spacial score (nSPS) is 14.3. The molecule has 1 fully saturated rings. The number of hydrogen-bond acceptors (Lipinski definition) is 5. The van der Waals surface area contributed by atoms with E-state index in [2.05, 4.69) is 9.88 Å². The minimum absolute atomic E-state index is 0.0436. The second-order valence-electron chi connectivity index (χ2n) is 11.1. The summed E-state index contributed by atoms with van der Waals surface area (Å²) in [4.78, 5) is 36.2. The van der Waals surface area contributed by atoms with E-state index in [4.69, 9.17) is 16.3 Å². The van der Waals surface area contributed by atoms with Crippen LogP contribution in [-0.4, -0.2) is 75.6 Å². The fraction of sp³-hybridized carbons (Fsp3) is 0.483. The lowest BCUT2D eigenvalue weighted by atomic mass is 9.97. The molecule has 2 amide bonds. The number of fused-ring (bicyclic) bond motifs is 1. The van der Waals surface area contributed by atoms with Crippen LogP contribution < -0.4 is 4.90 Å². The van der Waals surface area contributed by atoms with Gasteiger partial charge in [-0.3, -0.25) is 9.20 Å². The van der Waals surface area contributed by atoms with E-state index in [1.165, 1.54) is 12.1 Å². The molecule has 1 aromatic carbocycles. The van der Waals surface area contributed by atoms with E-state index in [9.17, 15) is 14.0 Å². The highest BCUT2D eigenvalue weighted by Gasteiger charge is 2.29. The van der Waals surface area contributed by atoms with Crippen molar-refractivity contribution in [2.45, 2.75) is 60.1 Å².